The summed E-state index contributed by atoms with van der Waals surface area (Å²) in [5.74, 6) is 1.36. The highest BCUT2D eigenvalue weighted by molar-refractivity contribution is 14.0. The Hall–Kier alpha value is -0.860. The van der Waals surface area contributed by atoms with Crippen LogP contribution in [0.2, 0.25) is 0 Å². The number of likely N-dealkylation sites (tertiary alicyclic amines) is 1. The van der Waals surface area contributed by atoms with Crippen LogP contribution >= 0.6 is 24.0 Å². The zero-order valence-electron chi connectivity index (χ0n) is 15.2. The number of aryl methyl sites for hydroxylation is 1. The molecule has 1 aromatic rings. The second-order valence-corrected chi connectivity index (χ2v) is 7.00. The average Bonchev–Trinajstić information content (AvgIpc) is 2.63. The van der Waals surface area contributed by atoms with Gasteiger partial charge in [-0.2, -0.15) is 0 Å². The summed E-state index contributed by atoms with van der Waals surface area (Å²) in [6.45, 7) is 9.62. The molecule has 3 rings (SSSR count). The van der Waals surface area contributed by atoms with Crippen LogP contribution in [-0.2, 0) is 11.3 Å². The Morgan fingerprint density at radius 1 is 1.12 bits per heavy atom. The van der Waals surface area contributed by atoms with Gasteiger partial charge in [-0.3, -0.25) is 9.89 Å². The summed E-state index contributed by atoms with van der Waals surface area (Å²) in [6.07, 6.45) is 2.43. The molecule has 1 aromatic carbocycles. The van der Waals surface area contributed by atoms with E-state index in [-0.39, 0.29) is 24.0 Å². The molecular weight excluding hydrogens is 427 g/mol. The molecule has 0 aromatic heterocycles. The van der Waals surface area contributed by atoms with E-state index < -0.39 is 0 Å². The van der Waals surface area contributed by atoms with Gasteiger partial charge in [0, 0.05) is 26.2 Å². The molecule has 25 heavy (non-hydrogen) atoms. The summed E-state index contributed by atoms with van der Waals surface area (Å²) in [4.78, 5) is 9.32. The second kappa shape index (κ2) is 10.3. The number of hydrogen-bond acceptors (Lipinski definition) is 3. The molecule has 2 saturated heterocycles. The molecule has 5 nitrogen and oxygen atoms in total. The maximum Gasteiger partial charge on any atom is 0.191 e. The van der Waals surface area contributed by atoms with Gasteiger partial charge >= 0.3 is 0 Å². The lowest BCUT2D eigenvalue weighted by Gasteiger charge is -2.32. The van der Waals surface area contributed by atoms with Gasteiger partial charge in [0.15, 0.2) is 5.96 Å². The number of hydrogen-bond donors (Lipinski definition) is 1. The number of benzene rings is 1. The molecule has 0 aliphatic carbocycles. The van der Waals surface area contributed by atoms with E-state index in [4.69, 9.17) is 10.5 Å². The van der Waals surface area contributed by atoms with Gasteiger partial charge in [0.25, 0.3) is 0 Å². The van der Waals surface area contributed by atoms with Gasteiger partial charge in [0.1, 0.15) is 0 Å². The lowest BCUT2D eigenvalue weighted by atomic mass is 9.96. The van der Waals surface area contributed by atoms with Crippen molar-refractivity contribution in [2.24, 2.45) is 16.6 Å². The summed E-state index contributed by atoms with van der Waals surface area (Å²) in [5, 5.41) is 0. The number of aliphatic imine (C=N–C) groups is 1. The molecule has 6 heteroatoms. The minimum atomic E-state index is 0. The molecule has 2 heterocycles. The Bertz CT molecular complexity index is 535. The zero-order valence-corrected chi connectivity index (χ0v) is 17.5. The Kier molecular flexibility index (Phi) is 8.45. The van der Waals surface area contributed by atoms with E-state index in [1.54, 1.807) is 0 Å². The number of morpholine rings is 1. The molecule has 0 saturated carbocycles. The third-order valence-corrected chi connectivity index (χ3v) is 5.08. The Morgan fingerprint density at radius 2 is 1.76 bits per heavy atom. The largest absolute Gasteiger partial charge is 0.378 e. The number of nitrogens with zero attached hydrogens (tertiary/aromatic N) is 3. The summed E-state index contributed by atoms with van der Waals surface area (Å²) >= 11 is 0. The molecule has 2 aliphatic rings. The van der Waals surface area contributed by atoms with Gasteiger partial charge < -0.3 is 15.4 Å². The topological polar surface area (TPSA) is 54.1 Å². The van der Waals surface area contributed by atoms with Crippen molar-refractivity contribution in [3.05, 3.63) is 35.4 Å². The minimum Gasteiger partial charge on any atom is -0.378 e. The predicted octanol–water partition coefficient (Wildman–Crippen LogP) is 2.47. The lowest BCUT2D eigenvalue weighted by Crippen LogP contribution is -2.45. The maximum absolute atomic E-state index is 6.12. The molecular formula is C19H31IN4O. The first-order chi connectivity index (χ1) is 11.7. The van der Waals surface area contributed by atoms with Crippen molar-refractivity contribution < 1.29 is 4.74 Å². The molecule has 2 aliphatic heterocycles. The van der Waals surface area contributed by atoms with Crippen molar-refractivity contribution in [2.75, 3.05) is 45.9 Å². The standard InChI is InChI=1S/C19H30N4O.HI/c1-16-2-4-18(5-3-16)15-22-8-6-17(7-9-22)14-21-19(20)23-10-12-24-13-11-23;/h2-5,17H,6-15H2,1H3,(H2,20,21);1H. The van der Waals surface area contributed by atoms with E-state index in [0.717, 1.165) is 52.5 Å². The monoisotopic (exact) mass is 458 g/mol. The lowest BCUT2D eigenvalue weighted by molar-refractivity contribution is 0.0673. The van der Waals surface area contributed by atoms with Crippen LogP contribution in [0, 0.1) is 12.8 Å². The van der Waals surface area contributed by atoms with Gasteiger partial charge in [0.2, 0.25) is 0 Å². The van der Waals surface area contributed by atoms with Crippen LogP contribution in [0.3, 0.4) is 0 Å². The fourth-order valence-electron chi connectivity index (χ4n) is 3.39. The van der Waals surface area contributed by atoms with Crippen molar-refractivity contribution in [1.29, 1.82) is 0 Å². The molecule has 2 N–H and O–H groups in total. The summed E-state index contributed by atoms with van der Waals surface area (Å²) in [7, 11) is 0. The number of ether oxygens (including phenoxy) is 1. The van der Waals surface area contributed by atoms with E-state index in [0.29, 0.717) is 11.9 Å². The molecule has 0 atom stereocenters. The Morgan fingerprint density at radius 3 is 2.40 bits per heavy atom. The van der Waals surface area contributed by atoms with Crippen LogP contribution in [-0.4, -0.2) is 61.7 Å². The molecule has 2 fully saturated rings. The van der Waals surface area contributed by atoms with E-state index in [9.17, 15) is 0 Å². The fourth-order valence-corrected chi connectivity index (χ4v) is 3.39. The summed E-state index contributed by atoms with van der Waals surface area (Å²) < 4.78 is 5.35. The van der Waals surface area contributed by atoms with Gasteiger partial charge in [-0.15, -0.1) is 24.0 Å². The van der Waals surface area contributed by atoms with Gasteiger partial charge in [-0.25, -0.2) is 0 Å². The van der Waals surface area contributed by atoms with Crippen LogP contribution in [0.1, 0.15) is 24.0 Å². The van der Waals surface area contributed by atoms with E-state index in [2.05, 4.69) is 46.0 Å². The second-order valence-electron chi connectivity index (χ2n) is 7.00. The molecule has 0 unspecified atom stereocenters. The minimum absolute atomic E-state index is 0. The number of guanidine groups is 1. The quantitative estimate of drug-likeness (QED) is 0.428. The molecule has 0 bridgehead atoms. The third kappa shape index (κ3) is 6.42. The summed E-state index contributed by atoms with van der Waals surface area (Å²) in [5.41, 5.74) is 8.85. The predicted molar refractivity (Wildman–Crippen MR) is 113 cm³/mol. The van der Waals surface area contributed by atoms with Crippen LogP contribution in [0.4, 0.5) is 0 Å². The highest BCUT2D eigenvalue weighted by Crippen LogP contribution is 2.19. The Labute approximate surface area is 168 Å². The van der Waals surface area contributed by atoms with Crippen molar-refractivity contribution in [3.8, 4) is 0 Å². The fraction of sp³-hybridized carbons (Fsp3) is 0.632. The first kappa shape index (κ1) is 20.5. The average molecular weight is 458 g/mol. The van der Waals surface area contributed by atoms with Gasteiger partial charge in [-0.1, -0.05) is 29.8 Å². The number of halogens is 1. The molecule has 0 radical (unpaired) electrons. The SMILES string of the molecule is Cc1ccc(CN2CCC(CN=C(N)N3CCOCC3)CC2)cc1.I. The van der Waals surface area contributed by atoms with Crippen LogP contribution in [0.25, 0.3) is 0 Å². The van der Waals surface area contributed by atoms with Crippen LogP contribution < -0.4 is 5.73 Å². The van der Waals surface area contributed by atoms with Gasteiger partial charge in [-0.05, 0) is 44.3 Å². The zero-order chi connectivity index (χ0) is 16.8. The highest BCUT2D eigenvalue weighted by Gasteiger charge is 2.20. The highest BCUT2D eigenvalue weighted by atomic mass is 127. The Balaban J connectivity index is 0.00000225. The van der Waals surface area contributed by atoms with Gasteiger partial charge in [0.05, 0.1) is 13.2 Å². The first-order valence-corrected chi connectivity index (χ1v) is 9.11. The van der Waals surface area contributed by atoms with Crippen molar-refractivity contribution in [3.63, 3.8) is 0 Å². The third-order valence-electron chi connectivity index (χ3n) is 5.08. The first-order valence-electron chi connectivity index (χ1n) is 9.11. The van der Waals surface area contributed by atoms with Crippen molar-refractivity contribution in [2.45, 2.75) is 26.3 Å². The number of rotatable bonds is 4. The van der Waals surface area contributed by atoms with Crippen molar-refractivity contribution >= 4 is 29.9 Å². The molecule has 0 spiro atoms. The number of piperidine rings is 1. The van der Waals surface area contributed by atoms with E-state index in [1.807, 2.05) is 0 Å². The molecule has 0 amide bonds. The van der Waals surface area contributed by atoms with Crippen LogP contribution in [0.5, 0.6) is 0 Å². The maximum atomic E-state index is 6.12. The van der Waals surface area contributed by atoms with E-state index in [1.165, 1.54) is 24.0 Å². The molecule has 140 valence electrons. The van der Waals surface area contributed by atoms with Crippen molar-refractivity contribution in [1.82, 2.24) is 9.80 Å². The van der Waals surface area contributed by atoms with Crippen LogP contribution in [0.15, 0.2) is 29.3 Å². The number of nitrogens with two attached hydrogens (primary N) is 1. The summed E-state index contributed by atoms with van der Waals surface area (Å²) in [6, 6.07) is 8.89. The van der Waals surface area contributed by atoms with E-state index >= 15 is 0 Å². The normalized spacial score (nSPS) is 20.4. The smallest absolute Gasteiger partial charge is 0.191 e.